The van der Waals surface area contributed by atoms with Crippen molar-refractivity contribution in [2.75, 3.05) is 0 Å². The van der Waals surface area contributed by atoms with E-state index in [1.807, 2.05) is 34.6 Å². The summed E-state index contributed by atoms with van der Waals surface area (Å²) in [6, 6.07) is 11.4. The van der Waals surface area contributed by atoms with E-state index in [0.29, 0.717) is 48.0 Å². The zero-order valence-corrected chi connectivity index (χ0v) is 20.4. The van der Waals surface area contributed by atoms with E-state index in [1.54, 1.807) is 30.3 Å². The number of benzene rings is 2. The summed E-state index contributed by atoms with van der Waals surface area (Å²) in [5.41, 5.74) is 3.45. The Balaban J connectivity index is 1.87. The Morgan fingerprint density at radius 3 is 2.35 bits per heavy atom. The Morgan fingerprint density at radius 2 is 1.71 bits per heavy atom. The average molecular weight is 466 g/mol. The smallest absolute Gasteiger partial charge is 0.306 e. The molecule has 0 aliphatic rings. The summed E-state index contributed by atoms with van der Waals surface area (Å²) < 4.78 is 18.9. The Hall–Kier alpha value is -3.35. The van der Waals surface area contributed by atoms with Crippen LogP contribution in [0.3, 0.4) is 0 Å². The lowest BCUT2D eigenvalue weighted by Gasteiger charge is -2.19. The molecule has 0 saturated carbocycles. The molecule has 1 aromatic heterocycles. The number of carbonyl (C=O) groups excluding carboxylic acids is 2. The molecule has 0 saturated heterocycles. The number of halogens is 1. The predicted molar refractivity (Wildman–Crippen MR) is 131 cm³/mol. The minimum absolute atomic E-state index is 0.0238. The van der Waals surface area contributed by atoms with Crippen molar-refractivity contribution < 1.29 is 18.7 Å². The number of fused-ring (bicyclic) bond motifs is 1. The van der Waals surface area contributed by atoms with Crippen molar-refractivity contribution >= 4 is 22.9 Å². The van der Waals surface area contributed by atoms with Gasteiger partial charge in [0.05, 0.1) is 22.4 Å². The summed E-state index contributed by atoms with van der Waals surface area (Å²) in [5, 5.41) is 2.88. The van der Waals surface area contributed by atoms with Gasteiger partial charge in [0, 0.05) is 23.6 Å². The van der Waals surface area contributed by atoms with E-state index in [0.717, 1.165) is 11.3 Å². The predicted octanol–water partition coefficient (Wildman–Crippen LogP) is 5.63. The molecule has 0 bridgehead atoms. The SMILES string of the molecule is CC(C)NC(=O)c1ccc2nc(-c3ccc(F)cc3)c(CCCCC(=O)OC(C)(C)C)nc2c1. The first kappa shape index (κ1) is 25.3. The van der Waals surface area contributed by atoms with Gasteiger partial charge in [0.25, 0.3) is 5.91 Å². The van der Waals surface area contributed by atoms with Crippen LogP contribution in [-0.4, -0.2) is 33.5 Å². The zero-order valence-electron chi connectivity index (χ0n) is 20.4. The molecule has 0 aliphatic carbocycles. The van der Waals surface area contributed by atoms with Gasteiger partial charge >= 0.3 is 5.97 Å². The van der Waals surface area contributed by atoms with E-state index in [-0.39, 0.29) is 23.7 Å². The topological polar surface area (TPSA) is 81.2 Å². The second-order valence-corrected chi connectivity index (χ2v) is 9.65. The van der Waals surface area contributed by atoms with E-state index < -0.39 is 5.60 Å². The molecular weight excluding hydrogens is 433 g/mol. The van der Waals surface area contributed by atoms with Crippen LogP contribution in [-0.2, 0) is 16.0 Å². The molecular formula is C27H32FN3O3. The Labute approximate surface area is 200 Å². The molecule has 0 aliphatic heterocycles. The molecule has 1 amide bonds. The number of aryl methyl sites for hydroxylation is 1. The maximum absolute atomic E-state index is 13.5. The molecule has 0 unspecified atom stereocenters. The number of ether oxygens (including phenoxy) is 1. The number of nitrogens with one attached hydrogen (secondary N) is 1. The largest absolute Gasteiger partial charge is 0.460 e. The summed E-state index contributed by atoms with van der Waals surface area (Å²) in [6.07, 6.45) is 2.26. The van der Waals surface area contributed by atoms with Crippen LogP contribution in [0.15, 0.2) is 42.5 Å². The monoisotopic (exact) mass is 465 g/mol. The molecule has 180 valence electrons. The van der Waals surface area contributed by atoms with Gasteiger partial charge < -0.3 is 10.1 Å². The van der Waals surface area contributed by atoms with Crippen molar-refractivity contribution in [1.29, 1.82) is 0 Å². The molecule has 0 atom stereocenters. The standard InChI is InChI=1S/C27H32FN3O3/c1-17(2)29-26(33)19-12-15-21-23(16-19)30-22(8-6-7-9-24(32)34-27(3,4)5)25(31-21)18-10-13-20(28)14-11-18/h10-17H,6-9H2,1-5H3,(H,29,33). The lowest BCUT2D eigenvalue weighted by molar-refractivity contribution is -0.154. The van der Waals surface area contributed by atoms with Crippen LogP contribution in [0.5, 0.6) is 0 Å². The molecule has 1 N–H and O–H groups in total. The van der Waals surface area contributed by atoms with Gasteiger partial charge in [-0.15, -0.1) is 0 Å². The molecule has 1 heterocycles. The van der Waals surface area contributed by atoms with E-state index >= 15 is 0 Å². The van der Waals surface area contributed by atoms with Crippen LogP contribution in [0.1, 0.15) is 69.9 Å². The summed E-state index contributed by atoms with van der Waals surface area (Å²) in [6.45, 7) is 9.35. The highest BCUT2D eigenvalue weighted by atomic mass is 19.1. The molecule has 3 rings (SSSR count). The van der Waals surface area contributed by atoms with Gasteiger partial charge in [-0.3, -0.25) is 9.59 Å². The van der Waals surface area contributed by atoms with Gasteiger partial charge in [0.2, 0.25) is 0 Å². The Morgan fingerprint density at radius 1 is 1.00 bits per heavy atom. The maximum Gasteiger partial charge on any atom is 0.306 e. The lowest BCUT2D eigenvalue weighted by atomic mass is 10.0. The molecule has 0 spiro atoms. The maximum atomic E-state index is 13.5. The van der Waals surface area contributed by atoms with E-state index in [4.69, 9.17) is 14.7 Å². The van der Waals surface area contributed by atoms with Crippen molar-refractivity contribution in [2.45, 2.75) is 71.9 Å². The van der Waals surface area contributed by atoms with Crippen LogP contribution >= 0.6 is 0 Å². The highest BCUT2D eigenvalue weighted by molar-refractivity contribution is 5.97. The number of esters is 1. The molecule has 0 fully saturated rings. The molecule has 2 aromatic carbocycles. The average Bonchev–Trinajstić information content (AvgIpc) is 2.74. The van der Waals surface area contributed by atoms with Crippen molar-refractivity contribution in [3.05, 3.63) is 59.5 Å². The van der Waals surface area contributed by atoms with Gasteiger partial charge in [-0.05, 0) is 96.3 Å². The van der Waals surface area contributed by atoms with Gasteiger partial charge in [-0.1, -0.05) is 0 Å². The van der Waals surface area contributed by atoms with Crippen molar-refractivity contribution in [1.82, 2.24) is 15.3 Å². The number of nitrogens with zero attached hydrogens (tertiary/aromatic N) is 2. The molecule has 3 aromatic rings. The van der Waals surface area contributed by atoms with E-state index in [9.17, 15) is 14.0 Å². The number of amides is 1. The first-order valence-corrected chi connectivity index (χ1v) is 11.6. The van der Waals surface area contributed by atoms with Crippen LogP contribution in [0.25, 0.3) is 22.3 Å². The summed E-state index contributed by atoms with van der Waals surface area (Å²) in [4.78, 5) is 34.1. The molecule has 34 heavy (non-hydrogen) atoms. The molecule has 0 radical (unpaired) electrons. The van der Waals surface area contributed by atoms with Crippen LogP contribution in [0.2, 0.25) is 0 Å². The third-order valence-corrected chi connectivity index (χ3v) is 5.00. The van der Waals surface area contributed by atoms with Gasteiger partial charge in [0.1, 0.15) is 11.4 Å². The minimum Gasteiger partial charge on any atom is -0.460 e. The normalized spacial score (nSPS) is 11.6. The van der Waals surface area contributed by atoms with Crippen LogP contribution < -0.4 is 5.32 Å². The van der Waals surface area contributed by atoms with E-state index in [1.165, 1.54) is 12.1 Å². The summed E-state index contributed by atoms with van der Waals surface area (Å²) in [7, 11) is 0. The van der Waals surface area contributed by atoms with E-state index in [2.05, 4.69) is 5.32 Å². The third kappa shape index (κ3) is 7.07. The number of hydrogen-bond donors (Lipinski definition) is 1. The number of rotatable bonds is 8. The molecule has 7 heteroatoms. The number of aromatic nitrogens is 2. The quantitative estimate of drug-likeness (QED) is 0.344. The fraction of sp³-hybridized carbons (Fsp3) is 0.407. The number of hydrogen-bond acceptors (Lipinski definition) is 5. The number of unbranched alkanes of at least 4 members (excludes halogenated alkanes) is 1. The highest BCUT2D eigenvalue weighted by Gasteiger charge is 2.17. The van der Waals surface area contributed by atoms with Crippen LogP contribution in [0.4, 0.5) is 4.39 Å². The van der Waals surface area contributed by atoms with Crippen LogP contribution in [0, 0.1) is 5.82 Å². The summed E-state index contributed by atoms with van der Waals surface area (Å²) in [5.74, 6) is -0.714. The zero-order chi connectivity index (χ0) is 24.9. The first-order valence-electron chi connectivity index (χ1n) is 11.6. The third-order valence-electron chi connectivity index (χ3n) is 5.00. The highest BCUT2D eigenvalue weighted by Crippen LogP contribution is 2.26. The molecule has 6 nitrogen and oxygen atoms in total. The minimum atomic E-state index is -0.504. The fourth-order valence-corrected chi connectivity index (χ4v) is 3.55. The Kier molecular flexibility index (Phi) is 7.97. The van der Waals surface area contributed by atoms with Crippen molar-refractivity contribution in [3.8, 4) is 11.3 Å². The fourth-order valence-electron chi connectivity index (χ4n) is 3.55. The van der Waals surface area contributed by atoms with Crippen molar-refractivity contribution in [3.63, 3.8) is 0 Å². The first-order chi connectivity index (χ1) is 16.0. The lowest BCUT2D eigenvalue weighted by Crippen LogP contribution is -2.30. The van der Waals surface area contributed by atoms with Gasteiger partial charge in [-0.2, -0.15) is 0 Å². The number of carbonyl (C=O) groups is 2. The summed E-state index contributed by atoms with van der Waals surface area (Å²) >= 11 is 0. The van der Waals surface area contributed by atoms with Gasteiger partial charge in [-0.25, -0.2) is 14.4 Å². The van der Waals surface area contributed by atoms with Crippen molar-refractivity contribution in [2.24, 2.45) is 0 Å². The van der Waals surface area contributed by atoms with Gasteiger partial charge in [0.15, 0.2) is 0 Å². The second-order valence-electron chi connectivity index (χ2n) is 9.65. The second kappa shape index (κ2) is 10.7. The Bertz CT molecular complexity index is 1170.